The predicted octanol–water partition coefficient (Wildman–Crippen LogP) is 2.30. The van der Waals surface area contributed by atoms with Gasteiger partial charge in [0.25, 0.3) is 0 Å². The lowest BCUT2D eigenvalue weighted by atomic mass is 10.0. The summed E-state index contributed by atoms with van der Waals surface area (Å²) in [5.74, 6) is -0.122. The van der Waals surface area contributed by atoms with E-state index in [9.17, 15) is 14.9 Å². The number of benzene rings is 1. The molecule has 5 heteroatoms. The lowest BCUT2D eigenvalue weighted by molar-refractivity contribution is -0.385. The fraction of sp³-hybridized carbons (Fsp3) is 0.364. The number of carbonyl (C=O) groups excluding carboxylic acids is 1. The average molecular weight is 223 g/mol. The molecule has 1 rings (SSSR count). The summed E-state index contributed by atoms with van der Waals surface area (Å²) in [5, 5.41) is 10.8. The van der Waals surface area contributed by atoms with Crippen molar-refractivity contribution in [1.82, 2.24) is 0 Å². The Hall–Kier alpha value is -1.91. The summed E-state index contributed by atoms with van der Waals surface area (Å²) < 4.78 is 5.14. The van der Waals surface area contributed by atoms with Crippen LogP contribution in [0.5, 0.6) is 5.75 Å². The molecule has 0 saturated carbocycles. The van der Waals surface area contributed by atoms with Gasteiger partial charge in [0.05, 0.1) is 11.5 Å². The van der Waals surface area contributed by atoms with Crippen molar-refractivity contribution in [3.8, 4) is 5.75 Å². The predicted molar refractivity (Wildman–Crippen MR) is 58.7 cm³/mol. The Morgan fingerprint density at radius 3 is 2.75 bits per heavy atom. The van der Waals surface area contributed by atoms with Crippen molar-refractivity contribution in [2.45, 2.75) is 19.8 Å². The van der Waals surface area contributed by atoms with E-state index >= 15 is 0 Å². The molecule has 0 saturated heterocycles. The molecule has 16 heavy (non-hydrogen) atoms. The van der Waals surface area contributed by atoms with E-state index in [2.05, 4.69) is 0 Å². The van der Waals surface area contributed by atoms with Gasteiger partial charge in [-0.05, 0) is 18.6 Å². The van der Waals surface area contributed by atoms with Gasteiger partial charge < -0.3 is 9.53 Å². The zero-order valence-electron chi connectivity index (χ0n) is 9.17. The molecule has 0 bridgehead atoms. The molecular formula is C11H13NO4. The van der Waals surface area contributed by atoms with Gasteiger partial charge in [0.1, 0.15) is 6.29 Å². The Balaban J connectivity index is 3.16. The minimum absolute atomic E-state index is 0.104. The molecular weight excluding hydrogens is 210 g/mol. The first kappa shape index (κ1) is 12.2. The Morgan fingerprint density at radius 1 is 1.56 bits per heavy atom. The number of nitro benzene ring substituents is 1. The van der Waals surface area contributed by atoms with Crippen molar-refractivity contribution in [1.29, 1.82) is 0 Å². The third kappa shape index (κ3) is 2.56. The van der Waals surface area contributed by atoms with Gasteiger partial charge in [-0.3, -0.25) is 10.1 Å². The van der Waals surface area contributed by atoms with Crippen molar-refractivity contribution in [3.63, 3.8) is 0 Å². The quantitative estimate of drug-likeness (QED) is 0.436. The Labute approximate surface area is 93.2 Å². The van der Waals surface area contributed by atoms with Crippen LogP contribution in [-0.4, -0.2) is 17.8 Å². The zero-order valence-corrected chi connectivity index (χ0v) is 9.17. The molecule has 0 aliphatic rings. The van der Waals surface area contributed by atoms with Crippen LogP contribution in [0, 0.1) is 10.1 Å². The van der Waals surface area contributed by atoms with Crippen molar-refractivity contribution in [3.05, 3.63) is 33.9 Å². The fourth-order valence-corrected chi connectivity index (χ4v) is 1.32. The summed E-state index contributed by atoms with van der Waals surface area (Å²) in [6, 6.07) is 4.57. The minimum atomic E-state index is -0.508. The zero-order chi connectivity index (χ0) is 12.1. The van der Waals surface area contributed by atoms with E-state index in [1.54, 1.807) is 19.9 Å². The smallest absolute Gasteiger partial charge is 0.311 e. The van der Waals surface area contributed by atoms with Crippen molar-refractivity contribution >= 4 is 12.0 Å². The first-order chi connectivity index (χ1) is 7.60. The summed E-state index contributed by atoms with van der Waals surface area (Å²) in [6.45, 7) is 3.81. The maximum atomic E-state index is 10.8. The maximum Gasteiger partial charge on any atom is 0.311 e. The molecule has 0 N–H and O–H groups in total. The highest BCUT2D eigenvalue weighted by molar-refractivity contribution is 5.63. The maximum absolute atomic E-state index is 10.8. The number of aldehydes is 1. The van der Waals surface area contributed by atoms with Gasteiger partial charge in [-0.2, -0.15) is 0 Å². The third-order valence-electron chi connectivity index (χ3n) is 2.21. The topological polar surface area (TPSA) is 69.4 Å². The second-order valence-corrected chi connectivity index (χ2v) is 3.34. The first-order valence-corrected chi connectivity index (χ1v) is 4.96. The summed E-state index contributed by atoms with van der Waals surface area (Å²) in [5.41, 5.74) is 0.512. The van der Waals surface area contributed by atoms with E-state index in [-0.39, 0.29) is 17.4 Å². The van der Waals surface area contributed by atoms with Crippen LogP contribution in [0.25, 0.3) is 0 Å². The van der Waals surface area contributed by atoms with E-state index in [1.165, 1.54) is 12.1 Å². The fourth-order valence-electron chi connectivity index (χ4n) is 1.32. The molecule has 1 atom stereocenters. The second-order valence-electron chi connectivity index (χ2n) is 3.34. The monoisotopic (exact) mass is 223 g/mol. The number of hydrogen-bond donors (Lipinski definition) is 0. The number of ether oxygens (including phenoxy) is 1. The molecule has 1 aromatic carbocycles. The van der Waals surface area contributed by atoms with Crippen LogP contribution >= 0.6 is 0 Å². The van der Waals surface area contributed by atoms with Crippen LogP contribution in [0.4, 0.5) is 5.69 Å². The molecule has 1 aromatic rings. The van der Waals surface area contributed by atoms with Gasteiger partial charge in [-0.1, -0.05) is 13.0 Å². The number of nitro groups is 1. The molecule has 0 spiro atoms. The Morgan fingerprint density at radius 2 is 2.25 bits per heavy atom. The molecule has 86 valence electrons. The highest BCUT2D eigenvalue weighted by Crippen LogP contribution is 2.30. The Kier molecular flexibility index (Phi) is 3.99. The van der Waals surface area contributed by atoms with Gasteiger partial charge in [0.15, 0.2) is 5.75 Å². The summed E-state index contributed by atoms with van der Waals surface area (Å²) >= 11 is 0. The van der Waals surface area contributed by atoms with Gasteiger partial charge in [-0.15, -0.1) is 0 Å². The van der Waals surface area contributed by atoms with Crippen LogP contribution < -0.4 is 4.74 Å². The molecule has 0 fully saturated rings. The van der Waals surface area contributed by atoms with Crippen molar-refractivity contribution in [2.75, 3.05) is 6.61 Å². The van der Waals surface area contributed by atoms with Gasteiger partial charge in [-0.25, -0.2) is 0 Å². The van der Waals surface area contributed by atoms with E-state index in [0.29, 0.717) is 12.2 Å². The van der Waals surface area contributed by atoms with Crippen LogP contribution in [0.1, 0.15) is 25.3 Å². The molecule has 0 aliphatic heterocycles. The molecule has 1 unspecified atom stereocenters. The number of hydrogen-bond acceptors (Lipinski definition) is 4. The van der Waals surface area contributed by atoms with Crippen LogP contribution in [-0.2, 0) is 4.79 Å². The lowest BCUT2D eigenvalue weighted by Crippen LogP contribution is -2.00. The van der Waals surface area contributed by atoms with Crippen molar-refractivity contribution < 1.29 is 14.5 Å². The standard InChI is InChI=1S/C11H13NO4/c1-3-16-11-5-4-9(8(2)7-13)6-10(11)12(14)15/h4-8H,3H2,1-2H3. The largest absolute Gasteiger partial charge is 0.487 e. The molecule has 0 aliphatic carbocycles. The van der Waals surface area contributed by atoms with Crippen LogP contribution in [0.15, 0.2) is 18.2 Å². The summed E-state index contributed by atoms with van der Waals surface area (Å²) in [4.78, 5) is 20.9. The van der Waals surface area contributed by atoms with E-state index < -0.39 is 4.92 Å². The van der Waals surface area contributed by atoms with Gasteiger partial charge >= 0.3 is 5.69 Å². The van der Waals surface area contributed by atoms with E-state index in [4.69, 9.17) is 4.74 Å². The van der Waals surface area contributed by atoms with E-state index in [1.807, 2.05) is 0 Å². The third-order valence-corrected chi connectivity index (χ3v) is 2.21. The van der Waals surface area contributed by atoms with Crippen LogP contribution in [0.3, 0.4) is 0 Å². The summed E-state index contributed by atoms with van der Waals surface area (Å²) in [6.07, 6.45) is 0.749. The molecule has 0 radical (unpaired) electrons. The van der Waals surface area contributed by atoms with Crippen LogP contribution in [0.2, 0.25) is 0 Å². The number of nitrogens with zero attached hydrogens (tertiary/aromatic N) is 1. The summed E-state index contributed by atoms with van der Waals surface area (Å²) in [7, 11) is 0. The number of carbonyl (C=O) groups is 1. The molecule has 0 aromatic heterocycles. The second kappa shape index (κ2) is 5.25. The molecule has 0 heterocycles. The SMILES string of the molecule is CCOc1ccc(C(C)C=O)cc1[N+](=O)[O-]. The van der Waals surface area contributed by atoms with Gasteiger partial charge in [0.2, 0.25) is 0 Å². The minimum Gasteiger partial charge on any atom is -0.487 e. The molecule has 5 nitrogen and oxygen atoms in total. The van der Waals surface area contributed by atoms with Crippen molar-refractivity contribution in [2.24, 2.45) is 0 Å². The molecule has 0 amide bonds. The normalized spacial score (nSPS) is 11.9. The highest BCUT2D eigenvalue weighted by atomic mass is 16.6. The average Bonchev–Trinajstić information content (AvgIpc) is 2.28. The highest BCUT2D eigenvalue weighted by Gasteiger charge is 2.17. The number of rotatable bonds is 5. The van der Waals surface area contributed by atoms with Gasteiger partial charge in [0, 0.05) is 12.0 Å². The lowest BCUT2D eigenvalue weighted by Gasteiger charge is -2.07. The van der Waals surface area contributed by atoms with E-state index in [0.717, 1.165) is 6.29 Å². The first-order valence-electron chi connectivity index (χ1n) is 4.96. The Bertz CT molecular complexity index is 403.